The van der Waals surface area contributed by atoms with E-state index in [1.807, 2.05) is 42.5 Å². The number of allylic oxidation sites excluding steroid dienone is 1. The van der Waals surface area contributed by atoms with Crippen molar-refractivity contribution in [3.8, 4) is 0 Å². The predicted octanol–water partition coefficient (Wildman–Crippen LogP) is 2.79. The van der Waals surface area contributed by atoms with Gasteiger partial charge in [-0.05, 0) is 30.9 Å². The lowest BCUT2D eigenvalue weighted by Crippen LogP contribution is -2.49. The fraction of sp³-hybridized carbons (Fsp3) is 0.286. The van der Waals surface area contributed by atoms with E-state index in [0.29, 0.717) is 31.4 Å². The summed E-state index contributed by atoms with van der Waals surface area (Å²) < 4.78 is 0. The first-order valence-electron chi connectivity index (χ1n) is 8.93. The number of aromatic amines is 1. The summed E-state index contributed by atoms with van der Waals surface area (Å²) in [7, 11) is 0. The van der Waals surface area contributed by atoms with Crippen LogP contribution in [0.3, 0.4) is 0 Å². The number of benzene rings is 1. The summed E-state index contributed by atoms with van der Waals surface area (Å²) in [6.45, 7) is 0.662. The van der Waals surface area contributed by atoms with Gasteiger partial charge < -0.3 is 15.0 Å². The Morgan fingerprint density at radius 1 is 1.19 bits per heavy atom. The molecule has 1 saturated heterocycles. The maximum atomic E-state index is 12.7. The summed E-state index contributed by atoms with van der Waals surface area (Å²) in [6, 6.07) is 12.5. The molecule has 0 radical (unpaired) electrons. The van der Waals surface area contributed by atoms with Crippen molar-refractivity contribution < 1.29 is 14.7 Å². The van der Waals surface area contributed by atoms with Crippen LogP contribution >= 0.6 is 0 Å². The molecule has 1 aliphatic heterocycles. The van der Waals surface area contributed by atoms with Gasteiger partial charge in [0.15, 0.2) is 0 Å². The monoisotopic (exact) mass is 366 g/mol. The third-order valence-electron chi connectivity index (χ3n) is 4.97. The van der Waals surface area contributed by atoms with Crippen LogP contribution in [0, 0.1) is 5.41 Å². The molecule has 0 aliphatic carbocycles. The van der Waals surface area contributed by atoms with Gasteiger partial charge in [0.2, 0.25) is 5.56 Å². The fourth-order valence-corrected chi connectivity index (χ4v) is 3.44. The normalized spacial score (nSPS) is 19.9. The number of likely N-dealkylation sites (tertiary alicyclic amines) is 1. The zero-order chi connectivity index (χ0) is 19.3. The van der Waals surface area contributed by atoms with Crippen molar-refractivity contribution in [1.29, 1.82) is 0 Å². The minimum Gasteiger partial charge on any atom is -0.481 e. The van der Waals surface area contributed by atoms with Crippen LogP contribution in [0.1, 0.15) is 35.2 Å². The molecule has 2 heterocycles. The molecule has 0 spiro atoms. The molecule has 6 nitrogen and oxygen atoms in total. The van der Waals surface area contributed by atoms with Crippen molar-refractivity contribution in [1.82, 2.24) is 9.88 Å². The Kier molecular flexibility index (Phi) is 5.54. The summed E-state index contributed by atoms with van der Waals surface area (Å²) in [5, 5.41) is 9.87. The summed E-state index contributed by atoms with van der Waals surface area (Å²) in [4.78, 5) is 40.0. The van der Waals surface area contributed by atoms with E-state index < -0.39 is 11.4 Å². The fourth-order valence-electron chi connectivity index (χ4n) is 3.44. The number of carbonyl (C=O) groups excluding carboxylic acids is 1. The number of rotatable bonds is 5. The van der Waals surface area contributed by atoms with E-state index in [2.05, 4.69) is 4.98 Å². The predicted molar refractivity (Wildman–Crippen MR) is 102 cm³/mol. The number of hydrogen-bond donors (Lipinski definition) is 2. The lowest BCUT2D eigenvalue weighted by molar-refractivity contribution is -0.151. The highest BCUT2D eigenvalue weighted by molar-refractivity contribution is 5.94. The molecule has 2 N–H and O–H groups in total. The number of piperidine rings is 1. The number of aromatic nitrogens is 1. The molecule has 140 valence electrons. The van der Waals surface area contributed by atoms with Crippen LogP contribution < -0.4 is 5.56 Å². The van der Waals surface area contributed by atoms with Gasteiger partial charge in [0.25, 0.3) is 5.91 Å². The van der Waals surface area contributed by atoms with E-state index in [0.717, 1.165) is 5.56 Å². The number of H-pyrrole nitrogens is 1. The van der Waals surface area contributed by atoms with Gasteiger partial charge in [-0.3, -0.25) is 14.4 Å². The number of carboxylic acids is 1. The third-order valence-corrected chi connectivity index (χ3v) is 4.97. The average Bonchev–Trinajstić information content (AvgIpc) is 2.69. The second-order valence-electron chi connectivity index (χ2n) is 6.87. The molecule has 3 rings (SSSR count). The van der Waals surface area contributed by atoms with Gasteiger partial charge in [-0.25, -0.2) is 0 Å². The van der Waals surface area contributed by atoms with Gasteiger partial charge in [0.1, 0.15) is 0 Å². The minimum atomic E-state index is -0.999. The van der Waals surface area contributed by atoms with Gasteiger partial charge in [0.05, 0.1) is 11.0 Å². The number of nitrogens with zero attached hydrogens (tertiary/aromatic N) is 1. The van der Waals surface area contributed by atoms with E-state index in [1.165, 1.54) is 18.3 Å². The molecule has 1 aliphatic rings. The van der Waals surface area contributed by atoms with Crippen LogP contribution in [0.4, 0.5) is 0 Å². The van der Waals surface area contributed by atoms with Crippen LogP contribution in [0.25, 0.3) is 6.08 Å². The molecule has 1 atom stereocenters. The standard InChI is InChI=1S/C21H22N2O4/c24-18-10-9-17(14-22-18)19(25)23-13-5-12-21(15-23,20(26)27)11-4-8-16-6-2-1-3-7-16/h1-4,6-10,14H,5,11-13,15H2,(H,22,24)(H,26,27). The zero-order valence-electron chi connectivity index (χ0n) is 14.9. The number of carbonyl (C=O) groups is 2. The number of pyridine rings is 1. The lowest BCUT2D eigenvalue weighted by atomic mass is 9.76. The number of aliphatic carboxylic acids is 1. The number of carboxylic acid groups (broad SMARTS) is 1. The van der Waals surface area contributed by atoms with Crippen molar-refractivity contribution in [2.24, 2.45) is 5.41 Å². The summed E-state index contributed by atoms with van der Waals surface area (Å²) in [5.74, 6) is -1.15. The first kappa shape index (κ1) is 18.6. The molecule has 2 aromatic rings. The van der Waals surface area contributed by atoms with Crippen LogP contribution in [0.5, 0.6) is 0 Å². The van der Waals surface area contributed by atoms with Crippen LogP contribution in [-0.2, 0) is 4.79 Å². The van der Waals surface area contributed by atoms with E-state index in [-0.39, 0.29) is 18.0 Å². The molecule has 0 bridgehead atoms. The highest BCUT2D eigenvalue weighted by atomic mass is 16.4. The molecule has 1 aromatic carbocycles. The number of nitrogens with one attached hydrogen (secondary N) is 1. The lowest BCUT2D eigenvalue weighted by Gasteiger charge is -2.39. The first-order chi connectivity index (χ1) is 13.0. The van der Waals surface area contributed by atoms with Gasteiger partial charge in [-0.1, -0.05) is 42.5 Å². The Labute approximate surface area is 157 Å². The topological polar surface area (TPSA) is 90.5 Å². The Balaban J connectivity index is 1.76. The van der Waals surface area contributed by atoms with E-state index in [9.17, 15) is 19.5 Å². The van der Waals surface area contributed by atoms with Gasteiger partial charge >= 0.3 is 5.97 Å². The Bertz CT molecular complexity index is 883. The zero-order valence-corrected chi connectivity index (χ0v) is 14.9. The highest BCUT2D eigenvalue weighted by Gasteiger charge is 2.42. The van der Waals surface area contributed by atoms with E-state index in [1.54, 1.807) is 4.90 Å². The largest absolute Gasteiger partial charge is 0.481 e. The van der Waals surface area contributed by atoms with Gasteiger partial charge in [-0.15, -0.1) is 0 Å². The van der Waals surface area contributed by atoms with Crippen LogP contribution in [0.15, 0.2) is 59.5 Å². The minimum absolute atomic E-state index is 0.152. The molecule has 1 aromatic heterocycles. The van der Waals surface area contributed by atoms with Crippen molar-refractivity contribution in [3.05, 3.63) is 76.2 Å². The average molecular weight is 366 g/mol. The van der Waals surface area contributed by atoms with Crippen molar-refractivity contribution in [3.63, 3.8) is 0 Å². The molecule has 1 fully saturated rings. The summed E-state index contributed by atoms with van der Waals surface area (Å²) in [6.07, 6.45) is 6.66. The number of hydrogen-bond acceptors (Lipinski definition) is 3. The molecule has 6 heteroatoms. The van der Waals surface area contributed by atoms with Gasteiger partial charge in [0, 0.05) is 25.4 Å². The Morgan fingerprint density at radius 2 is 1.96 bits per heavy atom. The summed E-state index contributed by atoms with van der Waals surface area (Å²) in [5.41, 5.74) is 0.0863. The number of amides is 1. The quantitative estimate of drug-likeness (QED) is 0.851. The third kappa shape index (κ3) is 4.34. The van der Waals surface area contributed by atoms with Gasteiger partial charge in [-0.2, -0.15) is 0 Å². The molecular weight excluding hydrogens is 344 g/mol. The van der Waals surface area contributed by atoms with Crippen molar-refractivity contribution in [2.75, 3.05) is 13.1 Å². The van der Waals surface area contributed by atoms with E-state index >= 15 is 0 Å². The highest BCUT2D eigenvalue weighted by Crippen LogP contribution is 2.35. The summed E-state index contributed by atoms with van der Waals surface area (Å²) >= 11 is 0. The second-order valence-corrected chi connectivity index (χ2v) is 6.87. The van der Waals surface area contributed by atoms with Crippen LogP contribution in [0.2, 0.25) is 0 Å². The smallest absolute Gasteiger partial charge is 0.311 e. The van der Waals surface area contributed by atoms with Crippen molar-refractivity contribution >= 4 is 18.0 Å². The first-order valence-corrected chi connectivity index (χ1v) is 8.93. The van der Waals surface area contributed by atoms with E-state index in [4.69, 9.17) is 0 Å². The maximum Gasteiger partial charge on any atom is 0.311 e. The Hall–Kier alpha value is -3.15. The van der Waals surface area contributed by atoms with Crippen LogP contribution in [-0.4, -0.2) is 40.0 Å². The molecule has 0 saturated carbocycles. The molecular formula is C21H22N2O4. The molecule has 1 unspecified atom stereocenters. The van der Waals surface area contributed by atoms with Crippen molar-refractivity contribution in [2.45, 2.75) is 19.3 Å². The maximum absolute atomic E-state index is 12.7. The SMILES string of the molecule is O=C(c1ccc(=O)[nH]c1)N1CCCC(CC=Cc2ccccc2)(C(=O)O)C1. The second kappa shape index (κ2) is 8.03. The molecule has 1 amide bonds. The molecule has 27 heavy (non-hydrogen) atoms. The Morgan fingerprint density at radius 3 is 2.63 bits per heavy atom.